The first kappa shape index (κ1) is 26.1. The lowest BCUT2D eigenvalue weighted by molar-refractivity contribution is 0.210. The van der Waals surface area contributed by atoms with Crippen LogP contribution in [0.4, 0.5) is 13.2 Å². The van der Waals surface area contributed by atoms with E-state index in [0.717, 1.165) is 11.6 Å². The molecule has 0 bridgehead atoms. The summed E-state index contributed by atoms with van der Waals surface area (Å²) in [5.74, 6) is -2.63. The van der Waals surface area contributed by atoms with Crippen LogP contribution in [0, 0.1) is 11.6 Å². The fourth-order valence-electron chi connectivity index (χ4n) is 2.95. The Bertz CT molecular complexity index is 1180. The quantitative estimate of drug-likeness (QED) is 0.209. The van der Waals surface area contributed by atoms with Gasteiger partial charge >= 0.3 is 0 Å². The third kappa shape index (κ3) is 6.42. The van der Waals surface area contributed by atoms with Crippen molar-refractivity contribution in [2.45, 2.75) is 6.61 Å². The van der Waals surface area contributed by atoms with E-state index in [9.17, 15) is 18.3 Å². The molecule has 0 amide bonds. The van der Waals surface area contributed by atoms with Crippen molar-refractivity contribution in [1.29, 1.82) is 0 Å². The Labute approximate surface area is 197 Å². The Balaban J connectivity index is 0.00000199. The molecule has 0 aliphatic carbocycles. The largest absolute Gasteiger partial charge is 0.508 e. The monoisotopic (exact) mass is 466 g/mol. The van der Waals surface area contributed by atoms with Gasteiger partial charge in [0.15, 0.2) is 17.5 Å². The number of phenolic OH excluding ortho intramolecular Hbond substituents is 1. The molecule has 0 unspecified atom stereocenters. The standard InChI is InChI=1S/C26H21F3O3.C2H4/c1-16(14-24(27)17(2)31-3)32-15-18-4-6-19(7-5-18)22-12-13-23(26(29)25(22)28)20-8-10-21(30)11-9-20;1-2/h4-14,30H,1-2,15H2,3H3;1-2H2/b24-14+;. The van der Waals surface area contributed by atoms with Gasteiger partial charge in [-0.25, -0.2) is 13.2 Å². The van der Waals surface area contributed by atoms with Crippen molar-refractivity contribution in [1.82, 2.24) is 0 Å². The van der Waals surface area contributed by atoms with Gasteiger partial charge in [-0.05, 0) is 28.8 Å². The third-order valence-electron chi connectivity index (χ3n) is 4.75. The van der Waals surface area contributed by atoms with Gasteiger partial charge < -0.3 is 14.6 Å². The predicted molar refractivity (Wildman–Crippen MR) is 129 cm³/mol. The Morgan fingerprint density at radius 2 is 1.32 bits per heavy atom. The van der Waals surface area contributed by atoms with Gasteiger partial charge in [0, 0.05) is 17.2 Å². The number of methoxy groups -OCH3 is 1. The highest BCUT2D eigenvalue weighted by Crippen LogP contribution is 2.32. The first-order valence-electron chi connectivity index (χ1n) is 10.1. The van der Waals surface area contributed by atoms with E-state index in [2.05, 4.69) is 31.1 Å². The summed E-state index contributed by atoms with van der Waals surface area (Å²) in [5.41, 5.74) is 1.90. The smallest absolute Gasteiger partial charge is 0.168 e. The van der Waals surface area contributed by atoms with Crippen molar-refractivity contribution >= 4 is 0 Å². The number of hydrogen-bond acceptors (Lipinski definition) is 3. The normalized spacial score (nSPS) is 10.6. The summed E-state index contributed by atoms with van der Waals surface area (Å²) in [6.07, 6.45) is 1.06. The predicted octanol–water partition coefficient (Wildman–Crippen LogP) is 7.85. The van der Waals surface area contributed by atoms with Crippen LogP contribution in [-0.2, 0) is 16.1 Å². The summed E-state index contributed by atoms with van der Waals surface area (Å²) in [7, 11) is 1.30. The molecular weight excluding hydrogens is 441 g/mol. The van der Waals surface area contributed by atoms with E-state index in [1.54, 1.807) is 24.3 Å². The molecule has 0 aliphatic rings. The molecule has 3 rings (SSSR count). The minimum atomic E-state index is -0.969. The highest BCUT2D eigenvalue weighted by Gasteiger charge is 2.16. The highest BCUT2D eigenvalue weighted by molar-refractivity contribution is 5.72. The first-order chi connectivity index (χ1) is 16.3. The zero-order valence-corrected chi connectivity index (χ0v) is 18.8. The van der Waals surface area contributed by atoms with E-state index in [1.807, 2.05) is 0 Å². The van der Waals surface area contributed by atoms with Crippen molar-refractivity contribution in [2.75, 3.05) is 7.11 Å². The highest BCUT2D eigenvalue weighted by atomic mass is 19.2. The molecule has 0 aromatic heterocycles. The summed E-state index contributed by atoms with van der Waals surface area (Å²) < 4.78 is 53.2. The molecule has 0 heterocycles. The number of benzene rings is 3. The molecule has 0 saturated carbocycles. The minimum absolute atomic E-state index is 0.0421. The lowest BCUT2D eigenvalue weighted by Crippen LogP contribution is -1.95. The molecule has 3 aromatic rings. The van der Waals surface area contributed by atoms with Crippen molar-refractivity contribution in [3.8, 4) is 28.0 Å². The van der Waals surface area contributed by atoms with Crippen LogP contribution < -0.4 is 0 Å². The molecule has 3 nitrogen and oxygen atoms in total. The zero-order valence-electron chi connectivity index (χ0n) is 18.8. The van der Waals surface area contributed by atoms with Gasteiger partial charge in [-0.15, -0.1) is 13.2 Å². The number of rotatable bonds is 8. The summed E-state index contributed by atoms with van der Waals surface area (Å²) in [6, 6.07) is 15.5. The van der Waals surface area contributed by atoms with Crippen molar-refractivity contribution in [3.63, 3.8) is 0 Å². The van der Waals surface area contributed by atoms with E-state index in [-0.39, 0.29) is 35.0 Å². The second-order valence-corrected chi connectivity index (χ2v) is 6.91. The van der Waals surface area contributed by atoms with Crippen LogP contribution in [0.1, 0.15) is 5.56 Å². The number of hydrogen-bond donors (Lipinski definition) is 1. The number of halogens is 3. The number of aromatic hydroxyl groups is 1. The fourth-order valence-corrected chi connectivity index (χ4v) is 2.95. The van der Waals surface area contributed by atoms with Crippen LogP contribution in [0.5, 0.6) is 5.75 Å². The molecule has 0 radical (unpaired) electrons. The molecule has 0 fully saturated rings. The molecule has 176 valence electrons. The number of ether oxygens (including phenoxy) is 2. The summed E-state index contributed by atoms with van der Waals surface area (Å²) >= 11 is 0. The molecule has 0 atom stereocenters. The summed E-state index contributed by atoms with van der Waals surface area (Å²) in [6.45, 7) is 13.1. The average molecular weight is 466 g/mol. The molecular formula is C28H25F3O3. The second-order valence-electron chi connectivity index (χ2n) is 6.91. The van der Waals surface area contributed by atoms with E-state index in [4.69, 9.17) is 4.74 Å². The van der Waals surface area contributed by atoms with Gasteiger partial charge in [0.05, 0.1) is 7.11 Å². The van der Waals surface area contributed by atoms with Crippen molar-refractivity contribution in [3.05, 3.63) is 128 Å². The Hall–Kier alpha value is -4.19. The Kier molecular flexibility index (Phi) is 9.32. The van der Waals surface area contributed by atoms with Crippen LogP contribution in [0.3, 0.4) is 0 Å². The molecule has 6 heteroatoms. The third-order valence-corrected chi connectivity index (χ3v) is 4.75. The van der Waals surface area contributed by atoms with Gasteiger partial charge in [0.1, 0.15) is 23.9 Å². The van der Waals surface area contributed by atoms with Gasteiger partial charge in [-0.3, -0.25) is 0 Å². The Morgan fingerprint density at radius 3 is 1.79 bits per heavy atom. The average Bonchev–Trinajstić information content (AvgIpc) is 2.86. The summed E-state index contributed by atoms with van der Waals surface area (Å²) in [5, 5.41) is 9.37. The molecule has 0 aliphatic heterocycles. The van der Waals surface area contributed by atoms with Gasteiger partial charge in [-0.2, -0.15) is 0 Å². The second kappa shape index (κ2) is 12.2. The lowest BCUT2D eigenvalue weighted by atomic mass is 9.98. The molecule has 34 heavy (non-hydrogen) atoms. The van der Waals surface area contributed by atoms with Crippen LogP contribution >= 0.6 is 0 Å². The van der Waals surface area contributed by atoms with Crippen LogP contribution in [0.25, 0.3) is 22.3 Å². The van der Waals surface area contributed by atoms with Crippen LogP contribution in [0.15, 0.2) is 110 Å². The minimum Gasteiger partial charge on any atom is -0.508 e. The maximum Gasteiger partial charge on any atom is 0.168 e. The molecule has 0 saturated heterocycles. The van der Waals surface area contributed by atoms with Crippen LogP contribution in [-0.4, -0.2) is 12.2 Å². The van der Waals surface area contributed by atoms with E-state index in [0.29, 0.717) is 11.1 Å². The number of phenols is 1. The molecule has 3 aromatic carbocycles. The fraction of sp³-hybridized carbons (Fsp3) is 0.0714. The topological polar surface area (TPSA) is 38.7 Å². The van der Waals surface area contributed by atoms with Crippen molar-refractivity contribution < 1.29 is 27.8 Å². The first-order valence-corrected chi connectivity index (χ1v) is 10.1. The van der Waals surface area contributed by atoms with Gasteiger partial charge in [-0.1, -0.05) is 61.7 Å². The number of allylic oxidation sites excluding steroid dienone is 2. The van der Waals surface area contributed by atoms with Crippen LogP contribution in [0.2, 0.25) is 0 Å². The molecule has 1 N–H and O–H groups in total. The maximum atomic E-state index is 14.8. The van der Waals surface area contributed by atoms with Gasteiger partial charge in [0.25, 0.3) is 0 Å². The van der Waals surface area contributed by atoms with Crippen molar-refractivity contribution in [2.24, 2.45) is 0 Å². The summed E-state index contributed by atoms with van der Waals surface area (Å²) in [4.78, 5) is 0. The Morgan fingerprint density at radius 1 is 0.853 bits per heavy atom. The zero-order chi connectivity index (χ0) is 25.3. The lowest BCUT2D eigenvalue weighted by Gasteiger charge is -2.11. The van der Waals surface area contributed by atoms with E-state index >= 15 is 0 Å². The SMILES string of the molecule is C=C.C=C(/C=C(/F)C(=C)OC)OCc1ccc(-c2ccc(-c3ccc(O)cc3)c(F)c2F)cc1. The van der Waals surface area contributed by atoms with Gasteiger partial charge in [0.2, 0.25) is 0 Å². The van der Waals surface area contributed by atoms with E-state index in [1.165, 1.54) is 43.5 Å². The maximum absolute atomic E-state index is 14.8. The molecule has 0 spiro atoms. The van der Waals surface area contributed by atoms with E-state index < -0.39 is 17.5 Å².